The van der Waals surface area contributed by atoms with E-state index in [4.69, 9.17) is 4.74 Å². The molecule has 4 rings (SSSR count). The molecule has 0 radical (unpaired) electrons. The highest BCUT2D eigenvalue weighted by Gasteiger charge is 2.15. The second-order valence-corrected chi connectivity index (χ2v) is 7.54. The molecular weight excluding hydrogens is 378 g/mol. The van der Waals surface area contributed by atoms with Gasteiger partial charge in [0, 0.05) is 25.9 Å². The maximum atomic E-state index is 12.4. The predicted molar refractivity (Wildman–Crippen MR) is 116 cm³/mol. The smallest absolute Gasteiger partial charge is 0.319 e. The van der Waals surface area contributed by atoms with Crippen LogP contribution in [0.25, 0.3) is 0 Å². The minimum atomic E-state index is -0.272. The summed E-state index contributed by atoms with van der Waals surface area (Å²) in [4.78, 5) is 12.4. The molecule has 0 aliphatic carbocycles. The van der Waals surface area contributed by atoms with Crippen LogP contribution < -0.4 is 15.4 Å². The van der Waals surface area contributed by atoms with Gasteiger partial charge in [0.25, 0.3) is 0 Å². The summed E-state index contributed by atoms with van der Waals surface area (Å²) in [6.07, 6.45) is 5.19. The molecule has 0 unspecified atom stereocenters. The fourth-order valence-corrected chi connectivity index (χ4v) is 3.65. The van der Waals surface area contributed by atoms with E-state index in [9.17, 15) is 4.79 Å². The molecule has 30 heavy (non-hydrogen) atoms. The number of rotatable bonds is 6. The number of fused-ring (bicyclic) bond motifs is 1. The van der Waals surface area contributed by atoms with E-state index < -0.39 is 0 Å². The summed E-state index contributed by atoms with van der Waals surface area (Å²) >= 11 is 0. The van der Waals surface area contributed by atoms with Crippen LogP contribution in [0.3, 0.4) is 0 Å². The first-order valence-electron chi connectivity index (χ1n) is 10.5. The largest absolute Gasteiger partial charge is 0.455 e. The molecule has 2 heterocycles. The van der Waals surface area contributed by atoms with Crippen molar-refractivity contribution < 1.29 is 9.53 Å². The minimum absolute atomic E-state index is 0.272. The van der Waals surface area contributed by atoms with Crippen LogP contribution in [0, 0.1) is 6.92 Å². The second-order valence-electron chi connectivity index (χ2n) is 7.54. The number of nitrogens with one attached hydrogen (secondary N) is 2. The van der Waals surface area contributed by atoms with E-state index in [0.717, 1.165) is 42.3 Å². The van der Waals surface area contributed by atoms with Crippen molar-refractivity contribution >= 4 is 11.7 Å². The van der Waals surface area contributed by atoms with Gasteiger partial charge in [-0.25, -0.2) is 4.79 Å². The summed E-state index contributed by atoms with van der Waals surface area (Å²) < 4.78 is 8.17. The quantitative estimate of drug-likeness (QED) is 0.634. The van der Waals surface area contributed by atoms with Crippen LogP contribution >= 0.6 is 0 Å². The number of aryl methyl sites for hydroxylation is 2. The van der Waals surface area contributed by atoms with Crippen molar-refractivity contribution in [1.82, 2.24) is 20.1 Å². The van der Waals surface area contributed by atoms with E-state index in [-0.39, 0.29) is 6.03 Å². The molecule has 2 N–H and O–H groups in total. The number of carbonyl (C=O) groups is 1. The third-order valence-corrected chi connectivity index (χ3v) is 5.17. The summed E-state index contributed by atoms with van der Waals surface area (Å²) in [6, 6.07) is 14.9. The van der Waals surface area contributed by atoms with Crippen molar-refractivity contribution in [2.45, 2.75) is 45.6 Å². The van der Waals surface area contributed by atoms with Gasteiger partial charge in [0.15, 0.2) is 5.75 Å². The number of carbonyl (C=O) groups excluding carboxylic acids is 1. The van der Waals surface area contributed by atoms with Crippen LogP contribution in [0.2, 0.25) is 0 Å². The van der Waals surface area contributed by atoms with E-state index in [1.807, 2.05) is 55.5 Å². The van der Waals surface area contributed by atoms with Gasteiger partial charge in [0.2, 0.25) is 0 Å². The SMILES string of the molecule is Cc1cccc(Oc2ccccc2NC(=O)NCCc2nnc3n2CCCCC3)c1. The number of para-hydroxylation sites is 2. The molecule has 0 fully saturated rings. The van der Waals surface area contributed by atoms with E-state index in [1.54, 1.807) is 0 Å². The Hall–Kier alpha value is -3.35. The van der Waals surface area contributed by atoms with Crippen molar-refractivity contribution in [3.05, 3.63) is 65.7 Å². The number of nitrogens with zero attached hydrogens (tertiary/aromatic N) is 3. The van der Waals surface area contributed by atoms with Crippen molar-refractivity contribution in [1.29, 1.82) is 0 Å². The Kier molecular flexibility index (Phi) is 6.27. The Balaban J connectivity index is 1.33. The lowest BCUT2D eigenvalue weighted by molar-refractivity contribution is 0.252. The second kappa shape index (κ2) is 9.43. The Labute approximate surface area is 176 Å². The molecule has 1 aliphatic heterocycles. The minimum Gasteiger partial charge on any atom is -0.455 e. The first kappa shape index (κ1) is 19.9. The van der Waals surface area contributed by atoms with E-state index in [2.05, 4.69) is 25.4 Å². The zero-order valence-electron chi connectivity index (χ0n) is 17.2. The highest BCUT2D eigenvalue weighted by molar-refractivity contribution is 5.90. The highest BCUT2D eigenvalue weighted by Crippen LogP contribution is 2.29. The van der Waals surface area contributed by atoms with Gasteiger partial charge in [-0.15, -0.1) is 10.2 Å². The molecule has 0 atom stereocenters. The van der Waals surface area contributed by atoms with Crippen molar-refractivity contribution in [3.63, 3.8) is 0 Å². The Bertz CT molecular complexity index is 1010. The van der Waals surface area contributed by atoms with Gasteiger partial charge in [0.05, 0.1) is 5.69 Å². The van der Waals surface area contributed by atoms with Crippen LogP contribution in [-0.2, 0) is 19.4 Å². The van der Waals surface area contributed by atoms with Crippen molar-refractivity contribution in [2.75, 3.05) is 11.9 Å². The molecule has 7 heteroatoms. The zero-order valence-corrected chi connectivity index (χ0v) is 17.2. The van der Waals surface area contributed by atoms with Gasteiger partial charge in [0.1, 0.15) is 17.4 Å². The molecular formula is C23H27N5O2. The number of hydrogen-bond donors (Lipinski definition) is 2. The zero-order chi connectivity index (χ0) is 20.8. The summed E-state index contributed by atoms with van der Waals surface area (Å²) in [5.74, 6) is 3.34. The normalized spacial score (nSPS) is 13.2. The van der Waals surface area contributed by atoms with Gasteiger partial charge in [-0.3, -0.25) is 0 Å². The molecule has 0 bridgehead atoms. The molecule has 1 aliphatic rings. The summed E-state index contributed by atoms with van der Waals surface area (Å²) in [5.41, 5.74) is 1.73. The average molecular weight is 406 g/mol. The number of amides is 2. The Morgan fingerprint density at radius 2 is 2.00 bits per heavy atom. The van der Waals surface area contributed by atoms with E-state index in [1.165, 1.54) is 12.8 Å². The Morgan fingerprint density at radius 3 is 2.90 bits per heavy atom. The number of urea groups is 1. The van der Waals surface area contributed by atoms with Crippen LogP contribution in [0.4, 0.5) is 10.5 Å². The van der Waals surface area contributed by atoms with Crippen LogP contribution in [0.15, 0.2) is 48.5 Å². The molecule has 7 nitrogen and oxygen atoms in total. The maximum absolute atomic E-state index is 12.4. The lowest BCUT2D eigenvalue weighted by Crippen LogP contribution is -2.31. The van der Waals surface area contributed by atoms with Crippen molar-refractivity contribution in [3.8, 4) is 11.5 Å². The lowest BCUT2D eigenvalue weighted by atomic mass is 10.2. The topological polar surface area (TPSA) is 81.1 Å². The highest BCUT2D eigenvalue weighted by atomic mass is 16.5. The number of aromatic nitrogens is 3. The lowest BCUT2D eigenvalue weighted by Gasteiger charge is -2.13. The molecule has 1 aromatic heterocycles. The van der Waals surface area contributed by atoms with Gasteiger partial charge in [-0.2, -0.15) is 0 Å². The third-order valence-electron chi connectivity index (χ3n) is 5.17. The number of benzene rings is 2. The summed E-state index contributed by atoms with van der Waals surface area (Å²) in [6.45, 7) is 3.47. The van der Waals surface area contributed by atoms with Crippen LogP contribution in [-0.4, -0.2) is 27.3 Å². The monoisotopic (exact) mass is 405 g/mol. The Morgan fingerprint density at radius 1 is 1.10 bits per heavy atom. The average Bonchev–Trinajstić information content (AvgIpc) is 2.96. The fraction of sp³-hybridized carbons (Fsp3) is 0.348. The predicted octanol–water partition coefficient (Wildman–Crippen LogP) is 4.47. The number of hydrogen-bond acceptors (Lipinski definition) is 4. The molecule has 0 spiro atoms. The van der Waals surface area contributed by atoms with Crippen molar-refractivity contribution in [2.24, 2.45) is 0 Å². The number of ether oxygens (including phenoxy) is 1. The van der Waals surface area contributed by atoms with Crippen LogP contribution in [0.5, 0.6) is 11.5 Å². The van der Waals surface area contributed by atoms with Gasteiger partial charge in [-0.1, -0.05) is 30.7 Å². The van der Waals surface area contributed by atoms with Gasteiger partial charge >= 0.3 is 6.03 Å². The molecule has 2 aromatic carbocycles. The molecule has 2 amide bonds. The van der Waals surface area contributed by atoms with Gasteiger partial charge in [-0.05, 0) is 49.6 Å². The fourth-order valence-electron chi connectivity index (χ4n) is 3.65. The molecule has 3 aromatic rings. The van der Waals surface area contributed by atoms with Gasteiger partial charge < -0.3 is 19.9 Å². The van der Waals surface area contributed by atoms with E-state index >= 15 is 0 Å². The summed E-state index contributed by atoms with van der Waals surface area (Å²) in [5, 5.41) is 14.4. The standard InChI is InChI=1S/C23H27N5O2/c1-17-8-7-9-18(16-17)30-20-11-5-4-10-19(20)25-23(29)24-14-13-22-27-26-21-12-3-2-6-15-28(21)22/h4-5,7-11,16H,2-3,6,12-15H2,1H3,(H2,24,25,29). The maximum Gasteiger partial charge on any atom is 0.319 e. The molecule has 156 valence electrons. The summed E-state index contributed by atoms with van der Waals surface area (Å²) in [7, 11) is 0. The number of anilines is 1. The molecule has 0 saturated carbocycles. The van der Waals surface area contributed by atoms with E-state index in [0.29, 0.717) is 24.4 Å². The first-order valence-corrected chi connectivity index (χ1v) is 10.5. The third kappa shape index (κ3) is 4.97. The first-order chi connectivity index (χ1) is 14.7. The van der Waals surface area contributed by atoms with Crippen LogP contribution in [0.1, 0.15) is 36.5 Å². The molecule has 0 saturated heterocycles.